The highest BCUT2D eigenvalue weighted by molar-refractivity contribution is 9.10. The minimum absolute atomic E-state index is 0.493. The largest absolute Gasteiger partial charge is 0.315 e. The number of halogens is 1. The summed E-state index contributed by atoms with van der Waals surface area (Å²) in [5, 5.41) is 3.48. The fourth-order valence-corrected chi connectivity index (χ4v) is 3.25. The molecule has 1 aromatic carbocycles. The van der Waals surface area contributed by atoms with Crippen LogP contribution in [-0.2, 0) is 0 Å². The Balaban J connectivity index is 2.14. The summed E-state index contributed by atoms with van der Waals surface area (Å²) in [7, 11) is 0. The molecule has 1 heterocycles. The van der Waals surface area contributed by atoms with E-state index in [1.54, 1.807) is 0 Å². The highest BCUT2D eigenvalue weighted by Gasteiger charge is 2.26. The van der Waals surface area contributed by atoms with E-state index in [-0.39, 0.29) is 0 Å². The lowest BCUT2D eigenvalue weighted by Gasteiger charge is -2.34. The van der Waals surface area contributed by atoms with E-state index in [1.165, 1.54) is 29.4 Å². The molecule has 0 aliphatic carbocycles. The maximum atomic E-state index is 3.57. The zero-order valence-corrected chi connectivity index (χ0v) is 12.9. The van der Waals surface area contributed by atoms with E-state index in [2.05, 4.69) is 64.3 Å². The fraction of sp³-hybridized carbons (Fsp3) is 0.600. The van der Waals surface area contributed by atoms with Gasteiger partial charge in [-0.2, -0.15) is 0 Å². The molecule has 1 aliphatic rings. The van der Waals surface area contributed by atoms with Crippen LogP contribution in [-0.4, -0.2) is 30.6 Å². The number of nitrogens with zero attached hydrogens (tertiary/aromatic N) is 1. The van der Waals surface area contributed by atoms with Crippen LogP contribution in [0.2, 0.25) is 0 Å². The van der Waals surface area contributed by atoms with Crippen LogP contribution in [0, 0.1) is 0 Å². The third-order valence-corrected chi connectivity index (χ3v) is 4.31. The number of rotatable bonds is 5. The monoisotopic (exact) mass is 310 g/mol. The summed E-state index contributed by atoms with van der Waals surface area (Å²) >= 11 is 3.57. The van der Waals surface area contributed by atoms with Crippen molar-refractivity contribution in [1.82, 2.24) is 10.2 Å². The average Bonchev–Trinajstić information content (AvgIpc) is 2.89. The molecule has 2 nitrogen and oxygen atoms in total. The summed E-state index contributed by atoms with van der Waals surface area (Å²) in [6.45, 7) is 8.08. The van der Waals surface area contributed by atoms with Gasteiger partial charge in [-0.3, -0.25) is 4.90 Å². The third kappa shape index (κ3) is 3.34. The van der Waals surface area contributed by atoms with Crippen molar-refractivity contribution in [2.45, 2.75) is 38.8 Å². The van der Waals surface area contributed by atoms with Crippen LogP contribution in [0.5, 0.6) is 0 Å². The summed E-state index contributed by atoms with van der Waals surface area (Å²) in [4.78, 5) is 2.65. The predicted molar refractivity (Wildman–Crippen MR) is 80.8 cm³/mol. The van der Waals surface area contributed by atoms with Gasteiger partial charge in [-0.15, -0.1) is 0 Å². The zero-order chi connectivity index (χ0) is 13.0. The van der Waals surface area contributed by atoms with Crippen LogP contribution < -0.4 is 5.32 Å². The van der Waals surface area contributed by atoms with Gasteiger partial charge >= 0.3 is 0 Å². The Labute approximate surface area is 119 Å². The average molecular weight is 311 g/mol. The first kappa shape index (κ1) is 14.0. The van der Waals surface area contributed by atoms with E-state index in [4.69, 9.17) is 0 Å². The second kappa shape index (κ2) is 6.69. The summed E-state index contributed by atoms with van der Waals surface area (Å²) in [5.74, 6) is 0. The lowest BCUT2D eigenvalue weighted by Crippen LogP contribution is -2.39. The zero-order valence-electron chi connectivity index (χ0n) is 11.3. The molecule has 0 amide bonds. The number of hydrogen-bond acceptors (Lipinski definition) is 2. The van der Waals surface area contributed by atoms with Crippen molar-refractivity contribution >= 4 is 15.9 Å². The van der Waals surface area contributed by atoms with E-state index in [1.807, 2.05) is 0 Å². The molecular weight excluding hydrogens is 288 g/mol. The summed E-state index contributed by atoms with van der Waals surface area (Å²) in [5.41, 5.74) is 1.41. The molecule has 3 heteroatoms. The Morgan fingerprint density at radius 2 is 2.33 bits per heavy atom. The summed E-state index contributed by atoms with van der Waals surface area (Å²) < 4.78 is 1.17. The van der Waals surface area contributed by atoms with Crippen molar-refractivity contribution in [2.75, 3.05) is 19.6 Å². The second-order valence-electron chi connectivity index (χ2n) is 5.12. The molecule has 0 bridgehead atoms. The van der Waals surface area contributed by atoms with Gasteiger partial charge in [-0.1, -0.05) is 35.0 Å². The van der Waals surface area contributed by atoms with Crippen LogP contribution in [0.25, 0.3) is 0 Å². The maximum absolute atomic E-state index is 3.57. The quantitative estimate of drug-likeness (QED) is 0.894. The second-order valence-corrected chi connectivity index (χ2v) is 6.03. The summed E-state index contributed by atoms with van der Waals surface area (Å²) in [6.07, 6.45) is 2.49. The summed E-state index contributed by atoms with van der Waals surface area (Å²) in [6, 6.07) is 9.90. The van der Waals surface area contributed by atoms with Gasteiger partial charge in [0, 0.05) is 23.1 Å². The third-order valence-electron chi connectivity index (χ3n) is 3.81. The molecule has 0 radical (unpaired) electrons. The van der Waals surface area contributed by atoms with Gasteiger partial charge in [0.1, 0.15) is 0 Å². The Bertz CT molecular complexity index is 375. The number of benzene rings is 1. The molecule has 2 rings (SSSR count). The molecule has 1 saturated heterocycles. The van der Waals surface area contributed by atoms with Crippen molar-refractivity contribution < 1.29 is 0 Å². The van der Waals surface area contributed by atoms with E-state index < -0.39 is 0 Å². The Kier molecular flexibility index (Phi) is 5.22. The van der Waals surface area contributed by atoms with Crippen molar-refractivity contribution in [3.8, 4) is 0 Å². The normalized spacial score (nSPS) is 21.4. The highest BCUT2D eigenvalue weighted by atomic mass is 79.9. The van der Waals surface area contributed by atoms with Gasteiger partial charge in [0.25, 0.3) is 0 Å². The van der Waals surface area contributed by atoms with Gasteiger partial charge in [0.2, 0.25) is 0 Å². The predicted octanol–water partition coefficient (Wildman–Crippen LogP) is 3.58. The molecule has 1 fully saturated rings. The maximum Gasteiger partial charge on any atom is 0.0323 e. The molecule has 100 valence electrons. The molecule has 18 heavy (non-hydrogen) atoms. The van der Waals surface area contributed by atoms with Crippen LogP contribution in [0.1, 0.15) is 38.3 Å². The smallest absolute Gasteiger partial charge is 0.0323 e. The molecule has 2 unspecified atom stereocenters. The lowest BCUT2D eigenvalue weighted by atomic mass is 10.0. The first-order valence-electron chi connectivity index (χ1n) is 6.94. The van der Waals surface area contributed by atoms with Crippen molar-refractivity contribution in [3.63, 3.8) is 0 Å². The van der Waals surface area contributed by atoms with Crippen molar-refractivity contribution in [3.05, 3.63) is 34.3 Å². The van der Waals surface area contributed by atoms with Crippen molar-refractivity contribution in [2.24, 2.45) is 0 Å². The van der Waals surface area contributed by atoms with Gasteiger partial charge in [-0.25, -0.2) is 0 Å². The van der Waals surface area contributed by atoms with E-state index in [9.17, 15) is 0 Å². The van der Waals surface area contributed by atoms with E-state index in [0.29, 0.717) is 12.1 Å². The van der Waals surface area contributed by atoms with Gasteiger partial charge in [0.15, 0.2) is 0 Å². The minimum atomic E-state index is 0.493. The number of nitrogens with one attached hydrogen (secondary N) is 1. The molecule has 1 aliphatic heterocycles. The molecule has 0 aromatic heterocycles. The van der Waals surface area contributed by atoms with Crippen molar-refractivity contribution in [1.29, 1.82) is 0 Å². The van der Waals surface area contributed by atoms with Gasteiger partial charge in [0.05, 0.1) is 0 Å². The van der Waals surface area contributed by atoms with Gasteiger partial charge in [-0.05, 0) is 50.6 Å². The Morgan fingerprint density at radius 3 is 2.94 bits per heavy atom. The topological polar surface area (TPSA) is 15.3 Å². The first-order chi connectivity index (χ1) is 8.72. The molecule has 0 spiro atoms. The van der Waals surface area contributed by atoms with Gasteiger partial charge < -0.3 is 5.32 Å². The highest BCUT2D eigenvalue weighted by Crippen LogP contribution is 2.26. The molecule has 0 saturated carbocycles. The minimum Gasteiger partial charge on any atom is -0.315 e. The SMILES string of the molecule is CCCN(C1CCNC1)C(C)c1cccc(Br)c1. The Morgan fingerprint density at radius 1 is 1.50 bits per heavy atom. The molecule has 2 atom stereocenters. The fourth-order valence-electron chi connectivity index (χ4n) is 2.83. The first-order valence-corrected chi connectivity index (χ1v) is 7.73. The molecule has 1 aromatic rings. The molecular formula is C15H23BrN2. The number of hydrogen-bond donors (Lipinski definition) is 1. The van der Waals surface area contributed by atoms with E-state index in [0.717, 1.165) is 13.1 Å². The Hall–Kier alpha value is -0.380. The van der Waals surface area contributed by atoms with Crippen LogP contribution in [0.3, 0.4) is 0 Å². The van der Waals surface area contributed by atoms with Crippen LogP contribution in [0.15, 0.2) is 28.7 Å². The molecule has 1 N–H and O–H groups in total. The standard InChI is InChI=1S/C15H23BrN2/c1-3-9-18(15-7-8-17-11-15)12(2)13-5-4-6-14(16)10-13/h4-6,10,12,15,17H,3,7-9,11H2,1-2H3. The van der Waals surface area contributed by atoms with Crippen LogP contribution >= 0.6 is 15.9 Å². The van der Waals surface area contributed by atoms with E-state index >= 15 is 0 Å². The van der Waals surface area contributed by atoms with Crippen LogP contribution in [0.4, 0.5) is 0 Å². The lowest BCUT2D eigenvalue weighted by molar-refractivity contribution is 0.153.